The minimum atomic E-state index is -1.80. The first-order chi connectivity index (χ1) is 52.1. The largest absolute Gasteiger partial charge is 0.482 e. The molecule has 0 saturated carbocycles. The van der Waals surface area contributed by atoms with E-state index in [2.05, 4.69) is 54.6 Å². The fourth-order valence-electron chi connectivity index (χ4n) is 14.4. The molecule has 0 spiro atoms. The van der Waals surface area contributed by atoms with Crippen molar-refractivity contribution < 1.29 is 85.6 Å². The van der Waals surface area contributed by atoms with Crippen LogP contribution in [0.2, 0.25) is 0 Å². The van der Waals surface area contributed by atoms with Gasteiger partial charge in [-0.25, -0.2) is 28.8 Å². The van der Waals surface area contributed by atoms with Gasteiger partial charge in [0.15, 0.2) is 39.6 Å². The molecular formula is C90H99O18P. The number of esters is 6. The van der Waals surface area contributed by atoms with Crippen LogP contribution in [0.1, 0.15) is 108 Å². The zero-order valence-corrected chi connectivity index (χ0v) is 66.8. The van der Waals surface area contributed by atoms with Crippen LogP contribution < -0.4 is 44.3 Å². The second kappa shape index (κ2) is 37.7. The van der Waals surface area contributed by atoms with Crippen LogP contribution in [-0.2, 0) is 57.2 Å². The van der Waals surface area contributed by atoms with E-state index >= 15 is 0 Å². The van der Waals surface area contributed by atoms with Crippen LogP contribution in [0.3, 0.4) is 0 Å². The maximum absolute atomic E-state index is 12.7. The van der Waals surface area contributed by atoms with Gasteiger partial charge in [-0.15, -0.1) is 0 Å². The van der Waals surface area contributed by atoms with Crippen molar-refractivity contribution in [1.29, 1.82) is 0 Å². The topological polar surface area (TPSA) is 213 Å². The monoisotopic (exact) mass is 1500 g/mol. The lowest BCUT2D eigenvalue weighted by atomic mass is 9.90. The standard InChI is InChI=1S/C90H99O18P/c1-19-97-79(91)46-103-70-25-52(7)85(53(8)26-70)64-37-65(86-54(9)27-71(28-55(86)10)104-47-80(92)98-20-2)41-76(40-64)109(77-42-66(87-56(11)29-72(30-57(87)12)105-48-81(93)99-21-3)38-67(43-77)88-58(13)31-73(32-59(88)14)106-49-82(94)100-22-4)78-44-68(89-60(15)33-74(34-61(89)16)107-50-83(95)101-23-5)39-69(45-78)90-62(17)35-75(36-63(90)18)108-51-84(96)102-24-6/h25-45H,19-24,46-51H2,1-18H3. The van der Waals surface area contributed by atoms with E-state index in [1.54, 1.807) is 41.5 Å². The van der Waals surface area contributed by atoms with Crippen molar-refractivity contribution in [3.8, 4) is 101 Å². The highest BCUT2D eigenvalue weighted by Crippen LogP contribution is 2.47. The van der Waals surface area contributed by atoms with Crippen LogP contribution in [0.15, 0.2) is 127 Å². The molecule has 0 bridgehead atoms. The molecule has 0 aliphatic carbocycles. The second-order valence-corrected chi connectivity index (χ2v) is 29.0. The Kier molecular flexibility index (Phi) is 28.4. The van der Waals surface area contributed by atoms with Gasteiger partial charge in [0.05, 0.1) is 39.6 Å². The summed E-state index contributed by atoms with van der Waals surface area (Å²) in [4.78, 5) is 76.5. The van der Waals surface area contributed by atoms with Crippen molar-refractivity contribution >= 4 is 59.7 Å². The maximum Gasteiger partial charge on any atom is 0.344 e. The van der Waals surface area contributed by atoms with Crippen LogP contribution in [0.25, 0.3) is 66.8 Å². The predicted molar refractivity (Wildman–Crippen MR) is 427 cm³/mol. The van der Waals surface area contributed by atoms with Gasteiger partial charge in [-0.1, -0.05) is 0 Å². The van der Waals surface area contributed by atoms with Gasteiger partial charge >= 0.3 is 35.8 Å². The third-order valence-electron chi connectivity index (χ3n) is 18.3. The normalized spacial score (nSPS) is 11.0. The molecule has 0 aromatic heterocycles. The molecule has 0 amide bonds. The molecule has 9 aromatic rings. The van der Waals surface area contributed by atoms with E-state index in [-0.39, 0.29) is 79.3 Å². The Hall–Kier alpha value is -11.0. The fraction of sp³-hybridized carbons (Fsp3) is 0.333. The third-order valence-corrected chi connectivity index (χ3v) is 20.6. The summed E-state index contributed by atoms with van der Waals surface area (Å²) in [5.74, 6) is 0.142. The van der Waals surface area contributed by atoms with Gasteiger partial charge in [-0.05, 0) is 409 Å². The summed E-state index contributed by atoms with van der Waals surface area (Å²) < 4.78 is 68.3. The van der Waals surface area contributed by atoms with Crippen molar-refractivity contribution in [3.05, 3.63) is 194 Å². The Balaban J connectivity index is 1.44. The first-order valence-electron chi connectivity index (χ1n) is 36.8. The molecular weight excluding hydrogens is 1400 g/mol. The number of rotatable bonds is 33. The molecule has 9 rings (SSSR count). The predicted octanol–water partition coefficient (Wildman–Crippen LogP) is 16.8. The van der Waals surface area contributed by atoms with Gasteiger partial charge in [0, 0.05) is 0 Å². The van der Waals surface area contributed by atoms with Crippen LogP contribution in [-0.4, -0.2) is 115 Å². The fourth-order valence-corrected chi connectivity index (χ4v) is 16.9. The zero-order chi connectivity index (χ0) is 78.9. The molecule has 0 aliphatic rings. The molecule has 0 radical (unpaired) electrons. The van der Waals surface area contributed by atoms with Crippen molar-refractivity contribution in [1.82, 2.24) is 0 Å². The van der Waals surface area contributed by atoms with E-state index in [0.717, 1.165) is 149 Å². The Morgan fingerprint density at radius 2 is 0.339 bits per heavy atom. The summed E-state index contributed by atoms with van der Waals surface area (Å²) in [6.45, 7) is 34.7. The highest BCUT2D eigenvalue weighted by atomic mass is 31.1. The molecule has 0 N–H and O–H groups in total. The van der Waals surface area contributed by atoms with Crippen molar-refractivity contribution in [2.24, 2.45) is 0 Å². The van der Waals surface area contributed by atoms with Gasteiger partial charge in [-0.3, -0.25) is 0 Å². The molecule has 18 nitrogen and oxygen atoms in total. The van der Waals surface area contributed by atoms with Crippen LogP contribution >= 0.6 is 7.92 Å². The van der Waals surface area contributed by atoms with Gasteiger partial charge in [0.2, 0.25) is 0 Å². The summed E-state index contributed by atoms with van der Waals surface area (Å²) >= 11 is 0. The van der Waals surface area contributed by atoms with E-state index in [1.807, 2.05) is 156 Å². The van der Waals surface area contributed by atoms with E-state index in [0.29, 0.717) is 34.5 Å². The van der Waals surface area contributed by atoms with Crippen molar-refractivity contribution in [3.63, 3.8) is 0 Å². The van der Waals surface area contributed by atoms with E-state index in [4.69, 9.17) is 56.8 Å². The summed E-state index contributed by atoms with van der Waals surface area (Å²) in [6.07, 6.45) is 0. The van der Waals surface area contributed by atoms with E-state index in [1.165, 1.54) is 0 Å². The number of aryl methyl sites for hydroxylation is 12. The number of carbonyl (C=O) groups excluding carboxylic acids is 6. The Morgan fingerprint density at radius 1 is 0.211 bits per heavy atom. The van der Waals surface area contributed by atoms with Crippen LogP contribution in [0.4, 0.5) is 0 Å². The lowest BCUT2D eigenvalue weighted by Gasteiger charge is -2.27. The Morgan fingerprint density at radius 3 is 0.459 bits per heavy atom. The molecule has 572 valence electrons. The molecule has 0 atom stereocenters. The molecule has 0 fully saturated rings. The lowest BCUT2D eigenvalue weighted by Crippen LogP contribution is -2.22. The van der Waals surface area contributed by atoms with E-state index < -0.39 is 43.7 Å². The molecule has 0 saturated heterocycles. The van der Waals surface area contributed by atoms with Crippen LogP contribution in [0.5, 0.6) is 34.5 Å². The van der Waals surface area contributed by atoms with Crippen molar-refractivity contribution in [2.45, 2.75) is 125 Å². The van der Waals surface area contributed by atoms with Crippen LogP contribution in [0, 0.1) is 83.1 Å². The highest BCUT2D eigenvalue weighted by molar-refractivity contribution is 7.79. The average Bonchev–Trinajstić information content (AvgIpc) is 0.748. The molecule has 19 heteroatoms. The second-order valence-electron chi connectivity index (χ2n) is 26.8. The zero-order valence-electron chi connectivity index (χ0n) is 65.9. The summed E-state index contributed by atoms with van der Waals surface area (Å²) in [7, 11) is -1.80. The number of carbonyl (C=O) groups is 6. The van der Waals surface area contributed by atoms with Gasteiger partial charge in [-0.2, -0.15) is 0 Å². The minimum absolute atomic E-state index is 0.215. The molecule has 9 aromatic carbocycles. The Labute approximate surface area is 641 Å². The smallest absolute Gasteiger partial charge is 0.344 e. The Bertz CT molecular complexity index is 3980. The third kappa shape index (κ3) is 20.8. The summed E-state index contributed by atoms with van der Waals surface area (Å²) in [6, 6.07) is 43.7. The van der Waals surface area contributed by atoms with Gasteiger partial charge in [0.25, 0.3) is 0 Å². The molecule has 0 aliphatic heterocycles. The summed E-state index contributed by atoms with van der Waals surface area (Å²) in [5, 5.41) is 2.86. The number of benzene rings is 9. The highest BCUT2D eigenvalue weighted by Gasteiger charge is 2.28. The summed E-state index contributed by atoms with van der Waals surface area (Å²) in [5.41, 5.74) is 21.7. The molecule has 0 heterocycles. The minimum Gasteiger partial charge on any atom is -0.482 e. The quantitative estimate of drug-likeness (QED) is 0.0212. The maximum atomic E-state index is 12.7. The SMILES string of the molecule is CCOC(=O)COc1cc(C)c(-c2cc(-c3c(C)cc(OCC(=O)OCC)cc3C)cc(P(c3cc(-c4c(C)cc(OCC(=O)OCC)cc4C)cc(-c4c(C)cc(OCC(=O)OCC)cc4C)c3)c3cc(-c4c(C)cc(OCC(=O)OCC)cc4C)cc(-c4c(C)cc(OCC(=O)OCC)cc4C)c3)c2)c(C)c1. The van der Waals surface area contributed by atoms with Gasteiger partial charge < -0.3 is 56.8 Å². The van der Waals surface area contributed by atoms with Gasteiger partial charge in [0.1, 0.15) is 34.5 Å². The number of ether oxygens (including phenoxy) is 12. The molecule has 0 unspecified atom stereocenters. The lowest BCUT2D eigenvalue weighted by molar-refractivity contribution is -0.146. The number of hydrogen-bond donors (Lipinski definition) is 0. The number of hydrogen-bond acceptors (Lipinski definition) is 18. The first kappa shape index (κ1) is 82.1. The van der Waals surface area contributed by atoms with E-state index in [9.17, 15) is 28.8 Å². The van der Waals surface area contributed by atoms with Crippen molar-refractivity contribution in [2.75, 3.05) is 79.3 Å². The average molecular weight is 1500 g/mol. The first-order valence-corrected chi connectivity index (χ1v) is 38.1. The molecule has 109 heavy (non-hydrogen) atoms.